The van der Waals surface area contributed by atoms with Crippen molar-refractivity contribution in [2.45, 2.75) is 31.9 Å². The number of aryl methyl sites for hydroxylation is 1. The Bertz CT molecular complexity index is 894. The van der Waals surface area contributed by atoms with E-state index in [4.69, 9.17) is 0 Å². The summed E-state index contributed by atoms with van der Waals surface area (Å²) in [6, 6.07) is 11.4. The van der Waals surface area contributed by atoms with Crippen LogP contribution in [0.5, 0.6) is 0 Å². The molecule has 3 heterocycles. The monoisotopic (exact) mass is 351 g/mol. The fourth-order valence-corrected chi connectivity index (χ4v) is 3.32. The standard InChI is InChI=1S/C19H21N5O2/c1-14-6-7-17(20-12-14)19(26)8-10-23(11-9-19)18(25)13-24-21-15-4-2-3-5-16(15)22-24/h2-7,12,26H,8-11,13H2,1H3. The largest absolute Gasteiger partial charge is 0.383 e. The Balaban J connectivity index is 1.40. The van der Waals surface area contributed by atoms with Crippen molar-refractivity contribution in [3.05, 3.63) is 53.9 Å². The lowest BCUT2D eigenvalue weighted by molar-refractivity contribution is -0.137. The Hall–Kier alpha value is -2.80. The molecule has 26 heavy (non-hydrogen) atoms. The Morgan fingerprint density at radius 1 is 1.12 bits per heavy atom. The van der Waals surface area contributed by atoms with E-state index in [0.717, 1.165) is 16.6 Å². The Morgan fingerprint density at radius 2 is 1.77 bits per heavy atom. The lowest BCUT2D eigenvalue weighted by atomic mass is 9.87. The molecule has 0 spiro atoms. The first-order chi connectivity index (χ1) is 12.5. The van der Waals surface area contributed by atoms with Gasteiger partial charge in [0.2, 0.25) is 5.91 Å². The van der Waals surface area contributed by atoms with Gasteiger partial charge in [-0.15, -0.1) is 0 Å². The van der Waals surface area contributed by atoms with E-state index in [2.05, 4.69) is 15.2 Å². The van der Waals surface area contributed by atoms with Crippen LogP contribution in [-0.4, -0.2) is 49.0 Å². The summed E-state index contributed by atoms with van der Waals surface area (Å²) < 4.78 is 0. The molecule has 7 nitrogen and oxygen atoms in total. The van der Waals surface area contributed by atoms with Crippen molar-refractivity contribution in [3.8, 4) is 0 Å². The number of hydrogen-bond donors (Lipinski definition) is 1. The summed E-state index contributed by atoms with van der Waals surface area (Å²) in [5.41, 5.74) is 2.32. The van der Waals surface area contributed by atoms with Crippen LogP contribution < -0.4 is 0 Å². The minimum Gasteiger partial charge on any atom is -0.383 e. The third-order valence-electron chi connectivity index (χ3n) is 4.94. The second-order valence-corrected chi connectivity index (χ2v) is 6.85. The molecule has 7 heteroatoms. The number of aromatic nitrogens is 4. The Morgan fingerprint density at radius 3 is 2.35 bits per heavy atom. The lowest BCUT2D eigenvalue weighted by Gasteiger charge is -2.37. The molecule has 0 atom stereocenters. The average molecular weight is 351 g/mol. The Labute approximate surface area is 151 Å². The summed E-state index contributed by atoms with van der Waals surface area (Å²) >= 11 is 0. The van der Waals surface area contributed by atoms with Crippen molar-refractivity contribution < 1.29 is 9.90 Å². The zero-order valence-electron chi connectivity index (χ0n) is 14.7. The van der Waals surface area contributed by atoms with Crippen LogP contribution in [0.4, 0.5) is 0 Å². The van der Waals surface area contributed by atoms with Crippen LogP contribution in [0.1, 0.15) is 24.1 Å². The van der Waals surface area contributed by atoms with Crippen molar-refractivity contribution in [1.29, 1.82) is 0 Å². The summed E-state index contributed by atoms with van der Waals surface area (Å²) in [7, 11) is 0. The molecular formula is C19H21N5O2. The third-order valence-corrected chi connectivity index (χ3v) is 4.94. The molecule has 1 aliphatic heterocycles. The summed E-state index contributed by atoms with van der Waals surface area (Å²) in [5.74, 6) is -0.0378. The van der Waals surface area contributed by atoms with Crippen molar-refractivity contribution in [1.82, 2.24) is 24.9 Å². The molecule has 1 aliphatic rings. The Kier molecular flexibility index (Phi) is 4.16. The molecule has 134 valence electrons. The highest BCUT2D eigenvalue weighted by atomic mass is 16.3. The van der Waals surface area contributed by atoms with Crippen LogP contribution in [0, 0.1) is 6.92 Å². The number of rotatable bonds is 3. The smallest absolute Gasteiger partial charge is 0.246 e. The van der Waals surface area contributed by atoms with Gasteiger partial charge in [0.05, 0.1) is 5.69 Å². The molecule has 0 bridgehead atoms. The van der Waals surface area contributed by atoms with E-state index in [1.54, 1.807) is 11.1 Å². The van der Waals surface area contributed by atoms with E-state index < -0.39 is 5.60 Å². The quantitative estimate of drug-likeness (QED) is 0.776. The highest BCUT2D eigenvalue weighted by Gasteiger charge is 2.36. The SMILES string of the molecule is Cc1ccc(C2(O)CCN(C(=O)Cn3nc4ccccc4n3)CC2)nc1. The minimum atomic E-state index is -0.969. The predicted octanol–water partition coefficient (Wildman–Crippen LogP) is 1.64. The van der Waals surface area contributed by atoms with Crippen molar-refractivity contribution >= 4 is 16.9 Å². The average Bonchev–Trinajstić information content (AvgIpc) is 3.05. The van der Waals surface area contributed by atoms with Gasteiger partial charge in [-0.25, -0.2) is 0 Å². The number of carbonyl (C=O) groups is 1. The van der Waals surface area contributed by atoms with Gasteiger partial charge in [0, 0.05) is 19.3 Å². The molecule has 4 rings (SSSR count). The minimum absolute atomic E-state index is 0.0378. The second kappa shape index (κ2) is 6.49. The molecule has 1 N–H and O–H groups in total. The molecule has 2 aromatic heterocycles. The second-order valence-electron chi connectivity index (χ2n) is 6.85. The van der Waals surface area contributed by atoms with E-state index in [0.29, 0.717) is 31.6 Å². The van der Waals surface area contributed by atoms with E-state index in [9.17, 15) is 9.90 Å². The molecule has 0 saturated carbocycles. The number of carbonyl (C=O) groups excluding carboxylic acids is 1. The molecule has 0 radical (unpaired) electrons. The van der Waals surface area contributed by atoms with Gasteiger partial charge in [-0.1, -0.05) is 18.2 Å². The predicted molar refractivity (Wildman–Crippen MR) is 96.2 cm³/mol. The summed E-state index contributed by atoms with van der Waals surface area (Å²) in [6.45, 7) is 3.06. The van der Waals surface area contributed by atoms with Crippen LogP contribution in [-0.2, 0) is 16.9 Å². The van der Waals surface area contributed by atoms with Crippen molar-refractivity contribution in [3.63, 3.8) is 0 Å². The topological polar surface area (TPSA) is 84.1 Å². The van der Waals surface area contributed by atoms with Crippen LogP contribution in [0.3, 0.4) is 0 Å². The lowest BCUT2D eigenvalue weighted by Crippen LogP contribution is -2.46. The number of hydrogen-bond acceptors (Lipinski definition) is 5. The molecule has 0 aliphatic carbocycles. The first-order valence-corrected chi connectivity index (χ1v) is 8.77. The van der Waals surface area contributed by atoms with Crippen molar-refractivity contribution in [2.75, 3.05) is 13.1 Å². The summed E-state index contributed by atoms with van der Waals surface area (Å²) in [5, 5.41) is 19.5. The number of nitrogens with zero attached hydrogens (tertiary/aromatic N) is 5. The molecule has 0 unspecified atom stereocenters. The van der Waals surface area contributed by atoms with E-state index in [1.807, 2.05) is 43.3 Å². The molecule has 1 aromatic carbocycles. The molecule has 1 amide bonds. The van der Waals surface area contributed by atoms with E-state index in [1.165, 1.54) is 4.80 Å². The van der Waals surface area contributed by atoms with Gasteiger partial charge >= 0.3 is 0 Å². The number of aliphatic hydroxyl groups is 1. The first kappa shape index (κ1) is 16.7. The number of likely N-dealkylation sites (tertiary alicyclic amines) is 1. The van der Waals surface area contributed by atoms with Crippen LogP contribution in [0.2, 0.25) is 0 Å². The molecular weight excluding hydrogens is 330 g/mol. The summed E-state index contributed by atoms with van der Waals surface area (Å²) in [6.07, 6.45) is 2.71. The van der Waals surface area contributed by atoms with Crippen LogP contribution in [0.15, 0.2) is 42.6 Å². The molecule has 1 fully saturated rings. The fourth-order valence-electron chi connectivity index (χ4n) is 3.32. The first-order valence-electron chi connectivity index (χ1n) is 8.77. The molecule has 1 saturated heterocycles. The van der Waals surface area contributed by atoms with Crippen LogP contribution >= 0.6 is 0 Å². The number of pyridine rings is 1. The number of piperidine rings is 1. The van der Waals surface area contributed by atoms with Gasteiger partial charge in [0.25, 0.3) is 0 Å². The van der Waals surface area contributed by atoms with Gasteiger partial charge < -0.3 is 10.0 Å². The van der Waals surface area contributed by atoms with Gasteiger partial charge in [0.15, 0.2) is 0 Å². The third kappa shape index (κ3) is 3.17. The number of benzene rings is 1. The zero-order chi connectivity index (χ0) is 18.1. The van der Waals surface area contributed by atoms with Gasteiger partial charge in [-0.2, -0.15) is 15.0 Å². The maximum absolute atomic E-state index is 12.6. The van der Waals surface area contributed by atoms with Gasteiger partial charge in [-0.3, -0.25) is 9.78 Å². The highest BCUT2D eigenvalue weighted by Crippen LogP contribution is 2.31. The number of amides is 1. The summed E-state index contributed by atoms with van der Waals surface area (Å²) in [4.78, 5) is 20.1. The normalized spacial score (nSPS) is 16.8. The maximum Gasteiger partial charge on any atom is 0.246 e. The van der Waals surface area contributed by atoms with Gasteiger partial charge in [0.1, 0.15) is 23.2 Å². The van der Waals surface area contributed by atoms with E-state index in [-0.39, 0.29) is 12.5 Å². The number of fused-ring (bicyclic) bond motifs is 1. The van der Waals surface area contributed by atoms with E-state index >= 15 is 0 Å². The van der Waals surface area contributed by atoms with Crippen LogP contribution in [0.25, 0.3) is 11.0 Å². The maximum atomic E-state index is 12.6. The van der Waals surface area contributed by atoms with Gasteiger partial charge in [-0.05, 0) is 43.5 Å². The zero-order valence-corrected chi connectivity index (χ0v) is 14.7. The molecule has 3 aromatic rings. The highest BCUT2D eigenvalue weighted by molar-refractivity contribution is 5.77. The fraction of sp³-hybridized carbons (Fsp3) is 0.368. The van der Waals surface area contributed by atoms with Crippen molar-refractivity contribution in [2.24, 2.45) is 0 Å².